The average Bonchev–Trinajstić information content (AvgIpc) is 2.59. The first-order chi connectivity index (χ1) is 12.3. The van der Waals surface area contributed by atoms with Crippen LogP contribution in [0.3, 0.4) is 0 Å². The van der Waals surface area contributed by atoms with E-state index in [0.717, 1.165) is 5.56 Å². The lowest BCUT2D eigenvalue weighted by molar-refractivity contribution is 0.00470. The molecule has 1 saturated heterocycles. The van der Waals surface area contributed by atoms with Crippen LogP contribution in [0.4, 0.5) is 9.59 Å². The predicted molar refractivity (Wildman–Crippen MR) is 98.4 cm³/mol. The Morgan fingerprint density at radius 1 is 1.15 bits per heavy atom. The SMILES string of the molecule is CC#CC1CN(C(=O)OCc2ccccc2)CCN1C(=O)OC(C)(C)C. The minimum Gasteiger partial charge on any atom is -0.445 e. The van der Waals surface area contributed by atoms with Crippen molar-refractivity contribution in [1.82, 2.24) is 9.80 Å². The van der Waals surface area contributed by atoms with Gasteiger partial charge in [0.2, 0.25) is 0 Å². The third kappa shape index (κ3) is 5.69. The highest BCUT2D eigenvalue weighted by atomic mass is 16.6. The van der Waals surface area contributed by atoms with Crippen LogP contribution < -0.4 is 0 Å². The maximum absolute atomic E-state index is 12.4. The van der Waals surface area contributed by atoms with Gasteiger partial charge in [-0.3, -0.25) is 4.90 Å². The fraction of sp³-hybridized carbons (Fsp3) is 0.500. The van der Waals surface area contributed by atoms with E-state index in [4.69, 9.17) is 9.47 Å². The molecule has 0 bridgehead atoms. The van der Waals surface area contributed by atoms with Crippen LogP contribution in [0, 0.1) is 11.8 Å². The molecule has 1 aliphatic heterocycles. The number of ether oxygens (including phenoxy) is 2. The molecule has 1 unspecified atom stereocenters. The van der Waals surface area contributed by atoms with Crippen LogP contribution in [0.15, 0.2) is 30.3 Å². The lowest BCUT2D eigenvalue weighted by Gasteiger charge is -2.39. The summed E-state index contributed by atoms with van der Waals surface area (Å²) >= 11 is 0. The summed E-state index contributed by atoms with van der Waals surface area (Å²) in [5.41, 5.74) is 0.352. The largest absolute Gasteiger partial charge is 0.445 e. The van der Waals surface area contributed by atoms with Gasteiger partial charge in [-0.1, -0.05) is 36.3 Å². The molecule has 140 valence electrons. The normalized spacial score (nSPS) is 17.2. The van der Waals surface area contributed by atoms with E-state index < -0.39 is 23.8 Å². The third-order valence-corrected chi connectivity index (χ3v) is 3.78. The van der Waals surface area contributed by atoms with Crippen LogP contribution in [0.1, 0.15) is 33.3 Å². The summed E-state index contributed by atoms with van der Waals surface area (Å²) in [4.78, 5) is 27.9. The molecule has 2 amide bonds. The van der Waals surface area contributed by atoms with E-state index in [1.54, 1.807) is 16.7 Å². The lowest BCUT2D eigenvalue weighted by Crippen LogP contribution is -2.57. The van der Waals surface area contributed by atoms with Crippen LogP contribution in [-0.4, -0.2) is 53.3 Å². The summed E-state index contributed by atoms with van der Waals surface area (Å²) in [5.74, 6) is 5.81. The average molecular weight is 358 g/mol. The van der Waals surface area contributed by atoms with Gasteiger partial charge in [0.15, 0.2) is 0 Å². The van der Waals surface area contributed by atoms with Gasteiger partial charge in [0.1, 0.15) is 18.2 Å². The molecule has 1 atom stereocenters. The molecule has 1 fully saturated rings. The van der Waals surface area contributed by atoms with E-state index in [1.165, 1.54) is 0 Å². The van der Waals surface area contributed by atoms with Crippen molar-refractivity contribution in [1.29, 1.82) is 0 Å². The van der Waals surface area contributed by atoms with Gasteiger partial charge in [-0.15, -0.1) is 5.92 Å². The molecule has 26 heavy (non-hydrogen) atoms. The van der Waals surface area contributed by atoms with Crippen molar-refractivity contribution in [2.24, 2.45) is 0 Å². The molecule has 0 aliphatic carbocycles. The molecule has 1 heterocycles. The number of hydrogen-bond acceptors (Lipinski definition) is 4. The summed E-state index contributed by atoms with van der Waals surface area (Å²) in [7, 11) is 0. The van der Waals surface area contributed by atoms with Crippen molar-refractivity contribution in [3.8, 4) is 11.8 Å². The third-order valence-electron chi connectivity index (χ3n) is 3.78. The highest BCUT2D eigenvalue weighted by Gasteiger charge is 2.34. The maximum atomic E-state index is 12.4. The number of carbonyl (C=O) groups is 2. The van der Waals surface area contributed by atoms with Crippen LogP contribution in [0.5, 0.6) is 0 Å². The molecule has 1 aromatic rings. The van der Waals surface area contributed by atoms with Gasteiger partial charge in [0.05, 0.1) is 6.54 Å². The Labute approximate surface area is 155 Å². The molecular formula is C20H26N2O4. The van der Waals surface area contributed by atoms with E-state index in [1.807, 2.05) is 51.1 Å². The van der Waals surface area contributed by atoms with E-state index in [0.29, 0.717) is 19.6 Å². The van der Waals surface area contributed by atoms with Crippen molar-refractivity contribution >= 4 is 12.2 Å². The molecule has 0 N–H and O–H groups in total. The van der Waals surface area contributed by atoms with Crippen LogP contribution >= 0.6 is 0 Å². The van der Waals surface area contributed by atoms with Crippen molar-refractivity contribution in [2.75, 3.05) is 19.6 Å². The second-order valence-corrected chi connectivity index (χ2v) is 7.07. The zero-order valence-electron chi connectivity index (χ0n) is 15.8. The first kappa shape index (κ1) is 19.6. The standard InChI is InChI=1S/C20H26N2O4/c1-5-9-17-14-21(12-13-22(17)19(24)26-20(2,3)4)18(23)25-15-16-10-7-6-8-11-16/h6-8,10-11,17H,12-15H2,1-4H3. The Kier molecular flexibility index (Phi) is 6.51. The van der Waals surface area contributed by atoms with Crippen LogP contribution in [0.25, 0.3) is 0 Å². The Balaban J connectivity index is 1.96. The van der Waals surface area contributed by atoms with E-state index in [2.05, 4.69) is 11.8 Å². The van der Waals surface area contributed by atoms with Crippen molar-refractivity contribution in [2.45, 2.75) is 45.9 Å². The minimum atomic E-state index is -0.576. The van der Waals surface area contributed by atoms with Gasteiger partial charge in [-0.25, -0.2) is 9.59 Å². The summed E-state index contributed by atoms with van der Waals surface area (Å²) in [6.07, 6.45) is -0.817. The summed E-state index contributed by atoms with van der Waals surface area (Å²) in [6.45, 7) is 8.43. The fourth-order valence-corrected chi connectivity index (χ4v) is 2.59. The summed E-state index contributed by atoms with van der Waals surface area (Å²) < 4.78 is 10.8. The van der Waals surface area contributed by atoms with Gasteiger partial charge in [0.25, 0.3) is 0 Å². The van der Waals surface area contributed by atoms with Gasteiger partial charge in [-0.2, -0.15) is 0 Å². The Morgan fingerprint density at radius 3 is 2.46 bits per heavy atom. The molecule has 1 aliphatic rings. The second kappa shape index (κ2) is 8.61. The predicted octanol–water partition coefficient (Wildman–Crippen LogP) is 3.27. The Hall–Kier alpha value is -2.68. The number of amides is 2. The number of nitrogens with zero attached hydrogens (tertiary/aromatic N) is 2. The van der Waals surface area contributed by atoms with Crippen molar-refractivity contribution in [3.63, 3.8) is 0 Å². The number of benzene rings is 1. The molecule has 0 radical (unpaired) electrons. The van der Waals surface area contributed by atoms with E-state index in [-0.39, 0.29) is 6.61 Å². The summed E-state index contributed by atoms with van der Waals surface area (Å²) in [5, 5.41) is 0. The summed E-state index contributed by atoms with van der Waals surface area (Å²) in [6, 6.07) is 9.10. The smallest absolute Gasteiger partial charge is 0.411 e. The molecule has 6 nitrogen and oxygen atoms in total. The van der Waals surface area contributed by atoms with Gasteiger partial charge in [-0.05, 0) is 33.3 Å². The van der Waals surface area contributed by atoms with Gasteiger partial charge in [0, 0.05) is 13.1 Å². The van der Waals surface area contributed by atoms with E-state index in [9.17, 15) is 9.59 Å². The van der Waals surface area contributed by atoms with Crippen LogP contribution in [0.2, 0.25) is 0 Å². The topological polar surface area (TPSA) is 59.1 Å². The second-order valence-electron chi connectivity index (χ2n) is 7.07. The van der Waals surface area contributed by atoms with Gasteiger partial charge >= 0.3 is 12.2 Å². The monoisotopic (exact) mass is 358 g/mol. The van der Waals surface area contributed by atoms with Crippen molar-refractivity contribution in [3.05, 3.63) is 35.9 Å². The molecule has 1 aromatic carbocycles. The van der Waals surface area contributed by atoms with Gasteiger partial charge < -0.3 is 14.4 Å². The number of hydrogen-bond donors (Lipinski definition) is 0. The first-order valence-corrected chi connectivity index (χ1v) is 8.67. The minimum absolute atomic E-state index is 0.218. The highest BCUT2D eigenvalue weighted by molar-refractivity contribution is 5.71. The first-order valence-electron chi connectivity index (χ1n) is 8.67. The van der Waals surface area contributed by atoms with Crippen molar-refractivity contribution < 1.29 is 19.1 Å². The molecule has 6 heteroatoms. The lowest BCUT2D eigenvalue weighted by atomic mass is 10.1. The highest BCUT2D eigenvalue weighted by Crippen LogP contribution is 2.16. The maximum Gasteiger partial charge on any atom is 0.411 e. The Morgan fingerprint density at radius 2 is 1.85 bits per heavy atom. The zero-order chi connectivity index (χ0) is 19.2. The molecule has 0 spiro atoms. The molecular weight excluding hydrogens is 332 g/mol. The molecule has 0 saturated carbocycles. The number of rotatable bonds is 2. The zero-order valence-corrected chi connectivity index (χ0v) is 15.8. The fourth-order valence-electron chi connectivity index (χ4n) is 2.59. The van der Waals surface area contributed by atoms with Crippen LogP contribution in [-0.2, 0) is 16.1 Å². The quantitative estimate of drug-likeness (QED) is 0.762. The molecule has 0 aromatic heterocycles. The Bertz CT molecular complexity index is 685. The number of piperazine rings is 1. The van der Waals surface area contributed by atoms with E-state index >= 15 is 0 Å². The molecule has 2 rings (SSSR count). The number of carbonyl (C=O) groups excluding carboxylic acids is 2.